The van der Waals surface area contributed by atoms with E-state index >= 15 is 0 Å². The quantitative estimate of drug-likeness (QED) is 0.554. The minimum atomic E-state index is -0.932. The highest BCUT2D eigenvalue weighted by atomic mass is 16.2. The number of imide groups is 2. The van der Waals surface area contributed by atoms with E-state index in [1.807, 2.05) is 27.7 Å². The van der Waals surface area contributed by atoms with Crippen LogP contribution in [0.1, 0.15) is 40.5 Å². The van der Waals surface area contributed by atoms with Crippen molar-refractivity contribution in [3.8, 4) is 0 Å². The number of amides is 5. The molecule has 1 aliphatic rings. The summed E-state index contributed by atoms with van der Waals surface area (Å²) in [6.07, 6.45) is 1.73. The minimum Gasteiger partial charge on any atom is -0.352 e. The van der Waals surface area contributed by atoms with Crippen LogP contribution in [-0.2, 0) is 14.4 Å². The summed E-state index contributed by atoms with van der Waals surface area (Å²) >= 11 is 0. The number of nitrogens with zero attached hydrogens (tertiary/aromatic N) is 2. The molecule has 0 bridgehead atoms. The molecule has 21 heavy (non-hydrogen) atoms. The molecular weight excluding hydrogens is 274 g/mol. The van der Waals surface area contributed by atoms with Crippen LogP contribution in [0.3, 0.4) is 0 Å². The normalized spacial score (nSPS) is 16.9. The van der Waals surface area contributed by atoms with Crippen molar-refractivity contribution in [2.75, 3.05) is 13.1 Å². The molecule has 7 heteroatoms. The second-order valence-corrected chi connectivity index (χ2v) is 5.74. The lowest BCUT2D eigenvalue weighted by molar-refractivity contribution is -0.144. The number of nitrogens with one attached hydrogen (secondary N) is 1. The van der Waals surface area contributed by atoms with Gasteiger partial charge >= 0.3 is 17.8 Å². The summed E-state index contributed by atoms with van der Waals surface area (Å²) in [7, 11) is 0. The maximum Gasteiger partial charge on any atom is 0.334 e. The van der Waals surface area contributed by atoms with Gasteiger partial charge in [0.25, 0.3) is 0 Å². The van der Waals surface area contributed by atoms with Gasteiger partial charge in [-0.25, -0.2) is 9.69 Å². The van der Waals surface area contributed by atoms with E-state index in [1.165, 1.54) is 0 Å². The van der Waals surface area contributed by atoms with Gasteiger partial charge in [-0.05, 0) is 19.3 Å². The average Bonchev–Trinajstić information content (AvgIpc) is 2.56. The topological polar surface area (TPSA) is 86.8 Å². The van der Waals surface area contributed by atoms with Gasteiger partial charge in [-0.15, -0.1) is 0 Å². The van der Waals surface area contributed by atoms with Gasteiger partial charge in [0, 0.05) is 12.6 Å². The van der Waals surface area contributed by atoms with E-state index in [2.05, 4.69) is 5.32 Å². The second-order valence-electron chi connectivity index (χ2n) is 5.74. The number of hydrogen-bond donors (Lipinski definition) is 1. The summed E-state index contributed by atoms with van der Waals surface area (Å²) < 4.78 is 0. The molecule has 0 aromatic carbocycles. The van der Waals surface area contributed by atoms with Crippen LogP contribution >= 0.6 is 0 Å². The zero-order chi connectivity index (χ0) is 16.2. The Morgan fingerprint density at radius 1 is 1.10 bits per heavy atom. The molecule has 0 aliphatic carbocycles. The summed E-state index contributed by atoms with van der Waals surface area (Å²) in [4.78, 5) is 49.0. The lowest BCUT2D eigenvalue weighted by Crippen LogP contribution is -2.44. The SMILES string of the molecule is CCC[C@@H](C)NC(=O)CN1C(=O)C(=O)N(CC(C)C)C1=O. The molecule has 0 aromatic heterocycles. The molecule has 1 atom stereocenters. The molecule has 0 spiro atoms. The lowest BCUT2D eigenvalue weighted by Gasteiger charge is -2.18. The third-order valence-electron chi connectivity index (χ3n) is 3.11. The van der Waals surface area contributed by atoms with Crippen molar-refractivity contribution in [2.45, 2.75) is 46.6 Å². The van der Waals surface area contributed by atoms with Gasteiger partial charge in [0.15, 0.2) is 0 Å². The van der Waals surface area contributed by atoms with E-state index < -0.39 is 30.3 Å². The summed E-state index contributed by atoms with van der Waals surface area (Å²) in [6, 6.07) is -0.741. The van der Waals surface area contributed by atoms with Crippen LogP contribution in [-0.4, -0.2) is 52.7 Å². The van der Waals surface area contributed by atoms with Crippen molar-refractivity contribution in [1.29, 1.82) is 0 Å². The van der Waals surface area contributed by atoms with Crippen molar-refractivity contribution >= 4 is 23.8 Å². The minimum absolute atomic E-state index is 0.0298. The van der Waals surface area contributed by atoms with E-state index in [9.17, 15) is 19.2 Å². The number of carbonyl (C=O) groups excluding carboxylic acids is 4. The highest BCUT2D eigenvalue weighted by Gasteiger charge is 2.45. The molecule has 5 amide bonds. The van der Waals surface area contributed by atoms with Gasteiger partial charge < -0.3 is 5.32 Å². The van der Waals surface area contributed by atoms with Crippen LogP contribution in [0.4, 0.5) is 4.79 Å². The van der Waals surface area contributed by atoms with Crippen LogP contribution in [0, 0.1) is 5.92 Å². The van der Waals surface area contributed by atoms with Crippen molar-refractivity contribution in [3.05, 3.63) is 0 Å². The molecule has 1 saturated heterocycles. The Morgan fingerprint density at radius 2 is 1.67 bits per heavy atom. The van der Waals surface area contributed by atoms with E-state index in [0.29, 0.717) is 4.90 Å². The van der Waals surface area contributed by atoms with Crippen molar-refractivity contribution in [3.63, 3.8) is 0 Å². The first kappa shape index (κ1) is 17.1. The standard InChI is InChI=1S/C14H23N3O4/c1-5-6-10(4)15-11(18)8-17-13(20)12(19)16(14(17)21)7-9(2)3/h9-10H,5-8H2,1-4H3,(H,15,18)/t10-/m1/s1. The van der Waals surface area contributed by atoms with E-state index in [-0.39, 0.29) is 18.5 Å². The number of urea groups is 1. The molecule has 0 saturated carbocycles. The number of hydrogen-bond acceptors (Lipinski definition) is 4. The molecule has 1 N–H and O–H groups in total. The fraction of sp³-hybridized carbons (Fsp3) is 0.714. The molecule has 0 unspecified atom stereocenters. The van der Waals surface area contributed by atoms with Crippen LogP contribution < -0.4 is 5.32 Å². The number of rotatable bonds is 7. The molecule has 1 heterocycles. The summed E-state index contributed by atoms with van der Waals surface area (Å²) in [5, 5.41) is 2.70. The van der Waals surface area contributed by atoms with Crippen LogP contribution in [0.25, 0.3) is 0 Å². The Morgan fingerprint density at radius 3 is 2.19 bits per heavy atom. The third kappa shape index (κ3) is 4.27. The predicted octanol–water partition coefficient (Wildman–Crippen LogP) is 0.738. The first-order chi connectivity index (χ1) is 9.77. The fourth-order valence-corrected chi connectivity index (χ4v) is 2.19. The maximum atomic E-state index is 12.0. The van der Waals surface area contributed by atoms with Crippen molar-refractivity contribution in [1.82, 2.24) is 15.1 Å². The van der Waals surface area contributed by atoms with Crippen molar-refractivity contribution in [2.24, 2.45) is 5.92 Å². The fourth-order valence-electron chi connectivity index (χ4n) is 2.19. The largest absolute Gasteiger partial charge is 0.352 e. The monoisotopic (exact) mass is 297 g/mol. The zero-order valence-electron chi connectivity index (χ0n) is 13.0. The van der Waals surface area contributed by atoms with Crippen LogP contribution in [0.2, 0.25) is 0 Å². The molecule has 0 radical (unpaired) electrons. The summed E-state index contributed by atoms with van der Waals surface area (Å²) in [5.41, 5.74) is 0. The van der Waals surface area contributed by atoms with Gasteiger partial charge in [0.2, 0.25) is 5.91 Å². The highest BCUT2D eigenvalue weighted by Crippen LogP contribution is 2.13. The number of carbonyl (C=O) groups is 4. The highest BCUT2D eigenvalue weighted by molar-refractivity contribution is 6.45. The van der Waals surface area contributed by atoms with E-state index in [1.54, 1.807) is 0 Å². The van der Waals surface area contributed by atoms with Gasteiger partial charge in [0.1, 0.15) is 6.54 Å². The van der Waals surface area contributed by atoms with E-state index in [0.717, 1.165) is 17.7 Å². The second kappa shape index (κ2) is 7.19. The average molecular weight is 297 g/mol. The zero-order valence-corrected chi connectivity index (χ0v) is 13.0. The molecular formula is C14H23N3O4. The maximum absolute atomic E-state index is 12.0. The first-order valence-electron chi connectivity index (χ1n) is 7.24. The Labute approximate surface area is 124 Å². The Hall–Kier alpha value is -1.92. The Kier molecular flexibility index (Phi) is 5.87. The molecule has 1 aliphatic heterocycles. The van der Waals surface area contributed by atoms with Crippen molar-refractivity contribution < 1.29 is 19.2 Å². The predicted molar refractivity (Wildman–Crippen MR) is 76.2 cm³/mol. The van der Waals surface area contributed by atoms with Gasteiger partial charge in [-0.1, -0.05) is 27.2 Å². The molecule has 118 valence electrons. The van der Waals surface area contributed by atoms with E-state index in [4.69, 9.17) is 0 Å². The van der Waals surface area contributed by atoms with Crippen LogP contribution in [0.5, 0.6) is 0 Å². The van der Waals surface area contributed by atoms with Crippen LogP contribution in [0.15, 0.2) is 0 Å². The summed E-state index contributed by atoms with van der Waals surface area (Å²) in [5.74, 6) is -2.16. The molecule has 1 fully saturated rings. The van der Waals surface area contributed by atoms with Gasteiger partial charge in [-0.2, -0.15) is 0 Å². The van der Waals surface area contributed by atoms with Gasteiger partial charge in [0.05, 0.1) is 0 Å². The molecule has 7 nitrogen and oxygen atoms in total. The summed E-state index contributed by atoms with van der Waals surface area (Å²) in [6.45, 7) is 7.30. The lowest BCUT2D eigenvalue weighted by atomic mass is 10.2. The third-order valence-corrected chi connectivity index (χ3v) is 3.11. The first-order valence-corrected chi connectivity index (χ1v) is 7.24. The Bertz CT molecular complexity index is 448. The molecule has 1 rings (SSSR count). The molecule has 0 aromatic rings. The Balaban J connectivity index is 2.67. The smallest absolute Gasteiger partial charge is 0.334 e. The van der Waals surface area contributed by atoms with Gasteiger partial charge in [-0.3, -0.25) is 19.3 Å².